The highest BCUT2D eigenvalue weighted by atomic mass is 35.5. The van der Waals surface area contributed by atoms with Crippen molar-refractivity contribution < 1.29 is 0 Å². The number of hydrogen-bond donors (Lipinski definition) is 0. The first-order valence-corrected chi connectivity index (χ1v) is 11.0. The Morgan fingerprint density at radius 2 is 1.21 bits per heavy atom. The molecule has 0 aliphatic rings. The van der Waals surface area contributed by atoms with Gasteiger partial charge in [-0.3, -0.25) is 0 Å². The van der Waals surface area contributed by atoms with Gasteiger partial charge in [0.25, 0.3) is 0 Å². The van der Waals surface area contributed by atoms with Crippen molar-refractivity contribution in [3.05, 3.63) is 88.9 Å². The van der Waals surface area contributed by atoms with E-state index in [1.54, 1.807) is 0 Å². The third kappa shape index (κ3) is 4.53. The van der Waals surface area contributed by atoms with Gasteiger partial charge in [0.05, 0.1) is 6.15 Å². The zero-order chi connectivity index (χ0) is 20.0. The van der Waals surface area contributed by atoms with Crippen LogP contribution in [0.25, 0.3) is 0 Å². The summed E-state index contributed by atoms with van der Waals surface area (Å²) < 4.78 is 0. The number of halogens is 1. The third-order valence-corrected chi connectivity index (χ3v) is 6.37. The summed E-state index contributed by atoms with van der Waals surface area (Å²) in [5.74, 6) is 0. The molecule has 3 aromatic rings. The summed E-state index contributed by atoms with van der Waals surface area (Å²) in [6, 6.07) is 26.7. The van der Waals surface area contributed by atoms with Crippen LogP contribution in [-0.2, 0) is 0 Å². The van der Waals surface area contributed by atoms with Crippen molar-refractivity contribution >= 4 is 34.1 Å². The maximum atomic E-state index is 6.48. The van der Waals surface area contributed by atoms with Gasteiger partial charge in [0.1, 0.15) is 0 Å². The highest BCUT2D eigenvalue weighted by molar-refractivity contribution is 7.11. The van der Waals surface area contributed by atoms with Crippen LogP contribution in [0.2, 0.25) is 11.3 Å². The first-order chi connectivity index (χ1) is 13.6. The molecule has 0 saturated carbocycles. The number of benzene rings is 3. The van der Waals surface area contributed by atoms with Crippen LogP contribution in [0.15, 0.2) is 72.8 Å². The molecule has 3 rings (SSSR count). The van der Waals surface area contributed by atoms with Crippen LogP contribution >= 0.6 is 11.6 Å². The Morgan fingerprint density at radius 3 is 1.71 bits per heavy atom. The number of rotatable bonds is 8. The van der Waals surface area contributed by atoms with Gasteiger partial charge in [-0.25, -0.2) is 0 Å². The van der Waals surface area contributed by atoms with Gasteiger partial charge in [-0.1, -0.05) is 122 Å². The van der Waals surface area contributed by atoms with Gasteiger partial charge in [0, 0.05) is 5.02 Å². The van der Waals surface area contributed by atoms with Gasteiger partial charge in [0.2, 0.25) is 0 Å². The lowest BCUT2D eigenvalue weighted by Gasteiger charge is -2.44. The second-order valence-electron chi connectivity index (χ2n) is 8.28. The molecule has 0 heterocycles. The van der Waals surface area contributed by atoms with Crippen LogP contribution in [0, 0.1) is 13.8 Å². The van der Waals surface area contributed by atoms with Crippen molar-refractivity contribution in [2.45, 2.75) is 52.8 Å². The second-order valence-corrected chi connectivity index (χ2v) is 8.71. The van der Waals surface area contributed by atoms with Crippen molar-refractivity contribution in [3.63, 3.8) is 0 Å². The summed E-state index contributed by atoms with van der Waals surface area (Å²) in [4.78, 5) is 0. The van der Waals surface area contributed by atoms with Gasteiger partial charge in [-0.2, -0.15) is 22.7 Å². The Hall–Kier alpha value is -1.99. The summed E-state index contributed by atoms with van der Waals surface area (Å²) in [6.07, 6.45) is 5.13. The van der Waals surface area contributed by atoms with Crippen LogP contribution in [0.1, 0.15) is 43.7 Å². The van der Waals surface area contributed by atoms with Crippen molar-refractivity contribution in [2.75, 3.05) is 0 Å². The van der Waals surface area contributed by atoms with Gasteiger partial charge in [-0.05, 0) is 19.9 Å². The molecule has 0 fully saturated rings. The van der Waals surface area contributed by atoms with Crippen molar-refractivity contribution in [1.82, 2.24) is 0 Å². The molecular formula is C26H31BCl-. The molecule has 0 unspecified atom stereocenters. The normalized spacial score (nSPS) is 11.6. The standard InChI is InChI=1S/C26H31BCl/c1-4-5-6-7-17-27(23-13-8-11-21(2)18-23,24-14-9-12-22(3)19-24)25-15-10-16-26(28)20-25/h8-16,18-20H,4-7,17H2,1-3H3/q-1. The molecule has 0 N–H and O–H groups in total. The van der Waals surface area contributed by atoms with Crippen LogP contribution in [0.5, 0.6) is 0 Å². The van der Waals surface area contributed by atoms with E-state index in [2.05, 4.69) is 87.5 Å². The van der Waals surface area contributed by atoms with Gasteiger partial charge in [-0.15, -0.1) is 0 Å². The minimum Gasteiger partial charge on any atom is -0.200 e. The number of unbranched alkanes of at least 4 members (excludes halogenated alkanes) is 3. The minimum atomic E-state index is -1.07. The van der Waals surface area contributed by atoms with Crippen LogP contribution in [0.3, 0.4) is 0 Å². The van der Waals surface area contributed by atoms with Gasteiger partial charge >= 0.3 is 0 Å². The van der Waals surface area contributed by atoms with E-state index < -0.39 is 6.15 Å². The molecule has 0 radical (unpaired) electrons. The maximum Gasteiger partial charge on any atom is 0.0815 e. The molecule has 0 spiro atoms. The number of hydrogen-bond acceptors (Lipinski definition) is 0. The lowest BCUT2D eigenvalue weighted by atomic mass is 9.14. The fourth-order valence-electron chi connectivity index (χ4n) is 4.72. The lowest BCUT2D eigenvalue weighted by Crippen LogP contribution is -2.67. The molecule has 0 aliphatic carbocycles. The average Bonchev–Trinajstić information content (AvgIpc) is 2.68. The molecule has 2 heteroatoms. The van der Waals surface area contributed by atoms with E-state index in [0.717, 1.165) is 11.3 Å². The second kappa shape index (κ2) is 9.48. The lowest BCUT2D eigenvalue weighted by molar-refractivity contribution is 0.698. The highest BCUT2D eigenvalue weighted by Crippen LogP contribution is 2.20. The highest BCUT2D eigenvalue weighted by Gasteiger charge is 2.29. The van der Waals surface area contributed by atoms with Gasteiger partial charge in [0.15, 0.2) is 0 Å². The van der Waals surface area contributed by atoms with E-state index in [1.165, 1.54) is 53.2 Å². The Kier molecular flexibility index (Phi) is 7.02. The predicted molar refractivity (Wildman–Crippen MR) is 127 cm³/mol. The van der Waals surface area contributed by atoms with Crippen LogP contribution < -0.4 is 16.4 Å². The fraction of sp³-hybridized carbons (Fsp3) is 0.308. The maximum absolute atomic E-state index is 6.48. The smallest absolute Gasteiger partial charge is 0.0815 e. The van der Waals surface area contributed by atoms with Crippen LogP contribution in [0.4, 0.5) is 0 Å². The van der Waals surface area contributed by atoms with E-state index in [9.17, 15) is 0 Å². The molecular weight excluding hydrogens is 359 g/mol. The molecule has 0 atom stereocenters. The molecule has 3 aromatic carbocycles. The predicted octanol–water partition coefficient (Wildman–Crippen LogP) is 6.01. The van der Waals surface area contributed by atoms with E-state index in [0.29, 0.717) is 0 Å². The van der Waals surface area contributed by atoms with Crippen LogP contribution in [-0.4, -0.2) is 6.15 Å². The Bertz CT molecular complexity index is 805. The molecule has 0 aliphatic heterocycles. The average molecular weight is 390 g/mol. The van der Waals surface area contributed by atoms with E-state index in [4.69, 9.17) is 11.6 Å². The fourth-order valence-corrected chi connectivity index (χ4v) is 4.92. The molecule has 0 saturated heterocycles. The molecule has 0 nitrogen and oxygen atoms in total. The zero-order valence-electron chi connectivity index (χ0n) is 17.4. The first kappa shape index (κ1) is 20.7. The monoisotopic (exact) mass is 389 g/mol. The molecule has 28 heavy (non-hydrogen) atoms. The summed E-state index contributed by atoms with van der Waals surface area (Å²) in [6.45, 7) is 6.65. The van der Waals surface area contributed by atoms with E-state index in [-0.39, 0.29) is 0 Å². The number of aryl methyl sites for hydroxylation is 2. The quantitative estimate of drug-likeness (QED) is 0.327. The topological polar surface area (TPSA) is 0 Å². The van der Waals surface area contributed by atoms with Crippen molar-refractivity contribution in [1.29, 1.82) is 0 Å². The first-order valence-electron chi connectivity index (χ1n) is 10.6. The molecule has 146 valence electrons. The SMILES string of the molecule is CCCCCC[B-](c1cccc(C)c1)(c1cccc(C)c1)c1cccc(Cl)c1. The van der Waals surface area contributed by atoms with Crippen molar-refractivity contribution in [3.8, 4) is 0 Å². The zero-order valence-corrected chi connectivity index (χ0v) is 18.2. The van der Waals surface area contributed by atoms with E-state index >= 15 is 0 Å². The Morgan fingerprint density at radius 1 is 0.679 bits per heavy atom. The third-order valence-electron chi connectivity index (χ3n) is 6.13. The Labute approximate surface area is 175 Å². The molecule has 0 bridgehead atoms. The van der Waals surface area contributed by atoms with E-state index in [1.807, 2.05) is 6.07 Å². The largest absolute Gasteiger partial charge is 0.200 e. The summed E-state index contributed by atoms with van der Waals surface area (Å²) >= 11 is 6.48. The molecule has 0 amide bonds. The van der Waals surface area contributed by atoms with Crippen molar-refractivity contribution in [2.24, 2.45) is 0 Å². The summed E-state index contributed by atoms with van der Waals surface area (Å²) in [7, 11) is 0. The summed E-state index contributed by atoms with van der Waals surface area (Å²) in [5, 5.41) is 0.817. The summed E-state index contributed by atoms with van der Waals surface area (Å²) in [5.41, 5.74) is 6.81. The van der Waals surface area contributed by atoms with Gasteiger partial charge < -0.3 is 0 Å². The Balaban J connectivity index is 2.24. The minimum absolute atomic E-state index is 0.817. The molecule has 0 aromatic heterocycles.